The van der Waals surface area contributed by atoms with Gasteiger partial charge < -0.3 is 14.1 Å². The molecule has 0 aliphatic rings. The Labute approximate surface area is 262 Å². The van der Waals surface area contributed by atoms with Crippen molar-refractivity contribution in [1.82, 2.24) is 25.0 Å². The molecule has 1 aromatic carbocycles. The quantitative estimate of drug-likeness (QED) is 0.0632. The number of likely N-dealkylation sites (N-methyl/N-ethyl adjacent to an activating group) is 1. The van der Waals surface area contributed by atoms with Gasteiger partial charge in [0.15, 0.2) is 5.69 Å². The second-order valence-electron chi connectivity index (χ2n) is 11.5. The van der Waals surface area contributed by atoms with Gasteiger partial charge in [-0.05, 0) is 38.7 Å². The van der Waals surface area contributed by atoms with Crippen LogP contribution in [0.25, 0.3) is 16.7 Å². The molecule has 0 saturated heterocycles. The standard InChI is InChI=1S/C32H52N5O6P/c1-5-6-7-8-9-10-11-12-13-14-15-16-22-41-44(39,33-20-21-36(2)3)42-23-19-28-26-37(35-34-28)30-24-27-17-18-29(40-4)25-31(27)43-32(30)38/h17-18,24-26H,5-16,19-23H2,1-4H3,(H,33,39). The smallest absolute Gasteiger partial charge is 0.405 e. The first-order valence-electron chi connectivity index (χ1n) is 16.2. The zero-order valence-electron chi connectivity index (χ0n) is 27.1. The van der Waals surface area contributed by atoms with Gasteiger partial charge in [-0.2, -0.15) is 0 Å². The number of nitrogens with zero attached hydrogens (tertiary/aromatic N) is 4. The Hall–Kier alpha value is -2.56. The van der Waals surface area contributed by atoms with Crippen LogP contribution in [-0.4, -0.2) is 67.4 Å². The molecule has 0 fully saturated rings. The number of fused-ring (bicyclic) bond motifs is 1. The van der Waals surface area contributed by atoms with E-state index in [0.717, 1.165) is 24.6 Å². The van der Waals surface area contributed by atoms with E-state index in [9.17, 15) is 9.36 Å². The molecule has 0 bridgehead atoms. The molecule has 1 atom stereocenters. The molecule has 44 heavy (non-hydrogen) atoms. The number of nitrogens with one attached hydrogen (secondary N) is 1. The number of benzene rings is 1. The van der Waals surface area contributed by atoms with Crippen molar-refractivity contribution in [2.24, 2.45) is 0 Å². The summed E-state index contributed by atoms with van der Waals surface area (Å²) >= 11 is 0. The molecule has 0 amide bonds. The fourth-order valence-electron chi connectivity index (χ4n) is 4.84. The monoisotopic (exact) mass is 633 g/mol. The number of methoxy groups -OCH3 is 1. The summed E-state index contributed by atoms with van der Waals surface area (Å²) in [5.41, 5.74) is 0.705. The van der Waals surface area contributed by atoms with E-state index in [1.807, 2.05) is 25.1 Å². The number of hydrogen-bond acceptors (Lipinski definition) is 9. The van der Waals surface area contributed by atoms with Crippen molar-refractivity contribution in [3.63, 3.8) is 0 Å². The van der Waals surface area contributed by atoms with Crippen molar-refractivity contribution >= 4 is 18.7 Å². The lowest BCUT2D eigenvalue weighted by Gasteiger charge is -2.20. The fraction of sp³-hybridized carbons (Fsp3) is 0.656. The van der Waals surface area contributed by atoms with E-state index in [2.05, 4.69) is 22.3 Å². The molecule has 11 nitrogen and oxygen atoms in total. The molecule has 3 rings (SSSR count). The summed E-state index contributed by atoms with van der Waals surface area (Å²) in [5, 5.41) is 12.0. The zero-order chi connectivity index (χ0) is 31.6. The van der Waals surface area contributed by atoms with Crippen LogP contribution in [0.5, 0.6) is 5.75 Å². The van der Waals surface area contributed by atoms with E-state index >= 15 is 0 Å². The van der Waals surface area contributed by atoms with Crippen LogP contribution >= 0.6 is 7.75 Å². The molecule has 0 aliphatic carbocycles. The van der Waals surface area contributed by atoms with E-state index in [0.29, 0.717) is 43.1 Å². The Kier molecular flexibility index (Phi) is 16.1. The number of rotatable bonds is 24. The Morgan fingerprint density at radius 3 is 2.25 bits per heavy atom. The van der Waals surface area contributed by atoms with Gasteiger partial charge in [0.1, 0.15) is 11.3 Å². The number of aromatic nitrogens is 3. The van der Waals surface area contributed by atoms with E-state index in [-0.39, 0.29) is 12.3 Å². The van der Waals surface area contributed by atoms with Gasteiger partial charge in [-0.15, -0.1) is 5.10 Å². The summed E-state index contributed by atoms with van der Waals surface area (Å²) in [6, 6.07) is 6.96. The van der Waals surface area contributed by atoms with Gasteiger partial charge in [-0.25, -0.2) is 19.1 Å². The molecule has 12 heteroatoms. The second-order valence-corrected chi connectivity index (χ2v) is 13.3. The van der Waals surface area contributed by atoms with Crippen molar-refractivity contribution in [3.8, 4) is 11.4 Å². The minimum atomic E-state index is -3.50. The maximum atomic E-state index is 13.4. The third-order valence-corrected chi connectivity index (χ3v) is 9.11. The lowest BCUT2D eigenvalue weighted by Crippen LogP contribution is -2.26. The van der Waals surface area contributed by atoms with Crippen LogP contribution in [0, 0.1) is 0 Å². The Morgan fingerprint density at radius 1 is 0.932 bits per heavy atom. The molecule has 0 spiro atoms. The van der Waals surface area contributed by atoms with Gasteiger partial charge in [0, 0.05) is 31.0 Å². The van der Waals surface area contributed by atoms with Crippen LogP contribution in [-0.2, 0) is 20.0 Å². The normalized spacial score (nSPS) is 13.1. The third-order valence-electron chi connectivity index (χ3n) is 7.46. The Balaban J connectivity index is 1.43. The van der Waals surface area contributed by atoms with E-state index in [1.54, 1.807) is 31.5 Å². The highest BCUT2D eigenvalue weighted by Gasteiger charge is 2.24. The molecule has 2 heterocycles. The zero-order valence-corrected chi connectivity index (χ0v) is 28.0. The number of unbranched alkanes of at least 4 members (excludes halogenated alkanes) is 11. The van der Waals surface area contributed by atoms with Gasteiger partial charge in [0.25, 0.3) is 0 Å². The molecule has 1 unspecified atom stereocenters. The van der Waals surface area contributed by atoms with Crippen molar-refractivity contribution in [3.05, 3.63) is 46.6 Å². The topological polar surface area (TPSA) is 121 Å². The minimum Gasteiger partial charge on any atom is -0.497 e. The molecule has 2 aromatic heterocycles. The summed E-state index contributed by atoms with van der Waals surface area (Å²) in [4.78, 5) is 14.6. The van der Waals surface area contributed by atoms with E-state index in [4.69, 9.17) is 18.2 Å². The summed E-state index contributed by atoms with van der Waals surface area (Å²) in [6.07, 6.45) is 17.0. The Morgan fingerprint density at radius 2 is 1.59 bits per heavy atom. The summed E-state index contributed by atoms with van der Waals surface area (Å²) < 4.78 is 37.1. The van der Waals surface area contributed by atoms with Crippen molar-refractivity contribution in [1.29, 1.82) is 0 Å². The van der Waals surface area contributed by atoms with Crippen molar-refractivity contribution in [2.75, 3.05) is 47.5 Å². The van der Waals surface area contributed by atoms with Gasteiger partial charge in [-0.1, -0.05) is 82.8 Å². The summed E-state index contributed by atoms with van der Waals surface area (Å²) in [5.74, 6) is 0.600. The molecule has 0 radical (unpaired) electrons. The lowest BCUT2D eigenvalue weighted by atomic mass is 10.1. The largest absolute Gasteiger partial charge is 0.497 e. The maximum Gasteiger partial charge on any atom is 0.405 e. The molecule has 0 aliphatic heterocycles. The number of hydrogen-bond donors (Lipinski definition) is 1. The van der Waals surface area contributed by atoms with Gasteiger partial charge in [0.05, 0.1) is 32.2 Å². The maximum absolute atomic E-state index is 13.4. The van der Waals surface area contributed by atoms with Crippen LogP contribution in [0.1, 0.15) is 89.7 Å². The molecule has 1 N–H and O–H groups in total. The Bertz CT molecular complexity index is 1340. The highest BCUT2D eigenvalue weighted by molar-refractivity contribution is 7.51. The van der Waals surface area contributed by atoms with Crippen LogP contribution < -0.4 is 15.4 Å². The van der Waals surface area contributed by atoms with E-state index < -0.39 is 13.4 Å². The second kappa shape index (κ2) is 19.7. The van der Waals surface area contributed by atoms with Gasteiger partial charge in [-0.3, -0.25) is 9.05 Å². The molecule has 246 valence electrons. The highest BCUT2D eigenvalue weighted by atomic mass is 31.2. The first-order chi connectivity index (χ1) is 21.3. The third kappa shape index (κ3) is 12.8. The van der Waals surface area contributed by atoms with E-state index in [1.165, 1.54) is 62.5 Å². The highest BCUT2D eigenvalue weighted by Crippen LogP contribution is 2.43. The van der Waals surface area contributed by atoms with Crippen LogP contribution in [0.15, 0.2) is 39.7 Å². The fourth-order valence-corrected chi connectivity index (χ4v) is 6.17. The number of ether oxygens (including phenoxy) is 1. The molecular weight excluding hydrogens is 581 g/mol. The predicted molar refractivity (Wildman–Crippen MR) is 175 cm³/mol. The van der Waals surface area contributed by atoms with Crippen molar-refractivity contribution in [2.45, 2.75) is 90.4 Å². The molecule has 0 saturated carbocycles. The van der Waals surface area contributed by atoms with Crippen LogP contribution in [0.2, 0.25) is 0 Å². The first kappa shape index (κ1) is 35.9. The van der Waals surface area contributed by atoms with Crippen LogP contribution in [0.4, 0.5) is 0 Å². The predicted octanol–water partition coefficient (Wildman–Crippen LogP) is 6.92. The van der Waals surface area contributed by atoms with Crippen molar-refractivity contribution < 1.29 is 22.8 Å². The molecular formula is C32H52N5O6P. The summed E-state index contributed by atoms with van der Waals surface area (Å²) in [6.45, 7) is 3.93. The molecule has 3 aromatic rings. The van der Waals surface area contributed by atoms with Gasteiger partial charge in [0.2, 0.25) is 0 Å². The average molecular weight is 634 g/mol. The average Bonchev–Trinajstić information content (AvgIpc) is 3.47. The first-order valence-corrected chi connectivity index (χ1v) is 17.7. The van der Waals surface area contributed by atoms with Gasteiger partial charge >= 0.3 is 13.4 Å². The SMILES string of the molecule is CCCCCCCCCCCCCCOP(=O)(NCCN(C)C)OCCc1cn(-c2cc3ccc(OC)cc3oc2=O)nn1. The minimum absolute atomic E-state index is 0.121. The van der Waals surface area contributed by atoms with Crippen LogP contribution in [0.3, 0.4) is 0 Å². The summed E-state index contributed by atoms with van der Waals surface area (Å²) in [7, 11) is 1.97. The lowest BCUT2D eigenvalue weighted by molar-refractivity contribution is 0.192.